The quantitative estimate of drug-likeness (QED) is 0.856. The standard InChI is InChI=1S/C16H31NO2/c1-15(2,3)13-4-8-16(12-17,9-5-13)19-14-6-10-18-11-7-14/h13-14H,4-12,17H2,1-3H3. The van der Waals surface area contributed by atoms with E-state index in [0.29, 0.717) is 18.1 Å². The molecular formula is C16H31NO2. The van der Waals surface area contributed by atoms with Gasteiger partial charge >= 0.3 is 0 Å². The van der Waals surface area contributed by atoms with Crippen molar-refractivity contribution in [3.05, 3.63) is 0 Å². The van der Waals surface area contributed by atoms with Crippen LogP contribution in [0, 0.1) is 11.3 Å². The first kappa shape index (κ1) is 15.3. The SMILES string of the molecule is CC(C)(C)C1CCC(CN)(OC2CCOCC2)CC1. The van der Waals surface area contributed by atoms with Crippen molar-refractivity contribution < 1.29 is 9.47 Å². The fourth-order valence-electron chi connectivity index (χ4n) is 3.53. The average Bonchev–Trinajstić information content (AvgIpc) is 2.39. The summed E-state index contributed by atoms with van der Waals surface area (Å²) in [7, 11) is 0. The largest absolute Gasteiger partial charge is 0.381 e. The topological polar surface area (TPSA) is 44.5 Å². The molecule has 1 saturated carbocycles. The summed E-state index contributed by atoms with van der Waals surface area (Å²) in [5.41, 5.74) is 6.42. The lowest BCUT2D eigenvalue weighted by atomic mass is 9.68. The lowest BCUT2D eigenvalue weighted by molar-refractivity contribution is -0.143. The molecule has 1 aliphatic heterocycles. The Hall–Kier alpha value is -0.120. The number of nitrogens with two attached hydrogens (primary N) is 1. The van der Waals surface area contributed by atoms with E-state index in [9.17, 15) is 0 Å². The number of rotatable bonds is 3. The van der Waals surface area contributed by atoms with Crippen LogP contribution < -0.4 is 5.73 Å². The predicted molar refractivity (Wildman–Crippen MR) is 78.1 cm³/mol. The molecule has 0 aromatic heterocycles. The van der Waals surface area contributed by atoms with E-state index in [1.54, 1.807) is 0 Å². The van der Waals surface area contributed by atoms with Crippen LogP contribution in [0.3, 0.4) is 0 Å². The summed E-state index contributed by atoms with van der Waals surface area (Å²) >= 11 is 0. The minimum atomic E-state index is -0.0518. The third-order valence-corrected chi connectivity index (χ3v) is 5.08. The van der Waals surface area contributed by atoms with Crippen LogP contribution in [0.2, 0.25) is 0 Å². The van der Waals surface area contributed by atoms with Crippen LogP contribution >= 0.6 is 0 Å². The maximum absolute atomic E-state index is 6.43. The molecule has 0 atom stereocenters. The van der Waals surface area contributed by atoms with E-state index < -0.39 is 0 Å². The van der Waals surface area contributed by atoms with Crippen LogP contribution in [0.4, 0.5) is 0 Å². The summed E-state index contributed by atoms with van der Waals surface area (Å²) < 4.78 is 11.8. The van der Waals surface area contributed by atoms with Gasteiger partial charge in [0.2, 0.25) is 0 Å². The van der Waals surface area contributed by atoms with Gasteiger partial charge in [-0.25, -0.2) is 0 Å². The van der Waals surface area contributed by atoms with E-state index in [0.717, 1.165) is 44.8 Å². The van der Waals surface area contributed by atoms with E-state index in [-0.39, 0.29) is 5.60 Å². The molecule has 0 amide bonds. The Morgan fingerprint density at radius 1 is 1.11 bits per heavy atom. The van der Waals surface area contributed by atoms with Crippen LogP contribution in [-0.2, 0) is 9.47 Å². The Bertz CT molecular complexity index is 271. The van der Waals surface area contributed by atoms with E-state index in [1.807, 2.05) is 0 Å². The zero-order chi connectivity index (χ0) is 13.9. The number of ether oxygens (including phenoxy) is 2. The second kappa shape index (κ2) is 6.11. The normalized spacial score (nSPS) is 34.4. The fraction of sp³-hybridized carbons (Fsp3) is 1.00. The molecular weight excluding hydrogens is 238 g/mol. The van der Waals surface area contributed by atoms with Gasteiger partial charge in [0.05, 0.1) is 11.7 Å². The van der Waals surface area contributed by atoms with Gasteiger partial charge in [0.25, 0.3) is 0 Å². The molecule has 19 heavy (non-hydrogen) atoms. The van der Waals surface area contributed by atoms with Crippen molar-refractivity contribution in [1.29, 1.82) is 0 Å². The molecule has 2 N–H and O–H groups in total. The summed E-state index contributed by atoms with van der Waals surface area (Å²) in [6.45, 7) is 9.42. The number of hydrogen-bond donors (Lipinski definition) is 1. The van der Waals surface area contributed by atoms with Crippen molar-refractivity contribution in [3.63, 3.8) is 0 Å². The van der Waals surface area contributed by atoms with E-state index in [4.69, 9.17) is 15.2 Å². The van der Waals surface area contributed by atoms with Gasteiger partial charge in [-0.05, 0) is 49.9 Å². The molecule has 0 unspecified atom stereocenters. The van der Waals surface area contributed by atoms with Gasteiger partial charge in [0, 0.05) is 19.8 Å². The van der Waals surface area contributed by atoms with Gasteiger partial charge in [-0.2, -0.15) is 0 Å². The predicted octanol–water partition coefficient (Wildman–Crippen LogP) is 3.12. The van der Waals surface area contributed by atoms with Gasteiger partial charge in [-0.15, -0.1) is 0 Å². The first-order valence-corrected chi connectivity index (χ1v) is 7.91. The Balaban J connectivity index is 1.90. The molecule has 3 heteroatoms. The highest BCUT2D eigenvalue weighted by molar-refractivity contribution is 4.92. The first-order chi connectivity index (χ1) is 8.95. The number of hydrogen-bond acceptors (Lipinski definition) is 3. The highest BCUT2D eigenvalue weighted by atomic mass is 16.5. The maximum atomic E-state index is 6.43. The molecule has 0 bridgehead atoms. The molecule has 2 aliphatic rings. The van der Waals surface area contributed by atoms with Crippen molar-refractivity contribution in [3.8, 4) is 0 Å². The highest BCUT2D eigenvalue weighted by Gasteiger charge is 2.40. The third kappa shape index (κ3) is 3.93. The zero-order valence-electron chi connectivity index (χ0n) is 12.9. The monoisotopic (exact) mass is 269 g/mol. The highest BCUT2D eigenvalue weighted by Crippen LogP contribution is 2.43. The summed E-state index contributed by atoms with van der Waals surface area (Å²) in [5, 5.41) is 0. The summed E-state index contributed by atoms with van der Waals surface area (Å²) in [6.07, 6.45) is 7.19. The lowest BCUT2D eigenvalue weighted by Gasteiger charge is -2.45. The van der Waals surface area contributed by atoms with Crippen LogP contribution in [0.1, 0.15) is 59.3 Å². The van der Waals surface area contributed by atoms with Crippen LogP contribution in [0.15, 0.2) is 0 Å². The Kier molecular flexibility index (Phi) is 4.91. The molecule has 0 aromatic carbocycles. The summed E-state index contributed by atoms with van der Waals surface area (Å²) in [5.74, 6) is 0.811. The Morgan fingerprint density at radius 3 is 2.16 bits per heavy atom. The smallest absolute Gasteiger partial charge is 0.0808 e. The van der Waals surface area contributed by atoms with E-state index >= 15 is 0 Å². The second-order valence-corrected chi connectivity index (χ2v) is 7.46. The summed E-state index contributed by atoms with van der Waals surface area (Å²) in [6, 6.07) is 0. The van der Waals surface area contributed by atoms with Crippen molar-refractivity contribution in [2.24, 2.45) is 17.1 Å². The maximum Gasteiger partial charge on any atom is 0.0808 e. The van der Waals surface area contributed by atoms with Crippen molar-refractivity contribution >= 4 is 0 Å². The molecule has 0 spiro atoms. The molecule has 1 saturated heterocycles. The molecule has 112 valence electrons. The van der Waals surface area contributed by atoms with E-state index in [2.05, 4.69) is 20.8 Å². The fourth-order valence-corrected chi connectivity index (χ4v) is 3.53. The molecule has 1 heterocycles. The molecule has 0 radical (unpaired) electrons. The van der Waals surface area contributed by atoms with Gasteiger partial charge in [0.1, 0.15) is 0 Å². The van der Waals surface area contributed by atoms with Crippen LogP contribution in [0.25, 0.3) is 0 Å². The average molecular weight is 269 g/mol. The molecule has 1 aliphatic carbocycles. The molecule has 0 aromatic rings. The van der Waals surface area contributed by atoms with Crippen molar-refractivity contribution in [2.75, 3.05) is 19.8 Å². The molecule has 2 rings (SSSR count). The Morgan fingerprint density at radius 2 is 1.68 bits per heavy atom. The minimum Gasteiger partial charge on any atom is -0.381 e. The van der Waals surface area contributed by atoms with Crippen LogP contribution in [0.5, 0.6) is 0 Å². The summed E-state index contributed by atoms with van der Waals surface area (Å²) in [4.78, 5) is 0. The Labute approximate surface area is 118 Å². The van der Waals surface area contributed by atoms with Gasteiger partial charge in [-0.3, -0.25) is 0 Å². The third-order valence-electron chi connectivity index (χ3n) is 5.08. The zero-order valence-corrected chi connectivity index (χ0v) is 12.9. The van der Waals surface area contributed by atoms with Gasteiger partial charge < -0.3 is 15.2 Å². The van der Waals surface area contributed by atoms with Crippen LogP contribution in [-0.4, -0.2) is 31.5 Å². The first-order valence-electron chi connectivity index (χ1n) is 7.91. The second-order valence-electron chi connectivity index (χ2n) is 7.46. The molecule has 3 nitrogen and oxygen atoms in total. The van der Waals surface area contributed by atoms with Gasteiger partial charge in [0.15, 0.2) is 0 Å². The molecule has 2 fully saturated rings. The van der Waals surface area contributed by atoms with Crippen molar-refractivity contribution in [2.45, 2.75) is 71.0 Å². The van der Waals surface area contributed by atoms with Crippen molar-refractivity contribution in [1.82, 2.24) is 0 Å². The van der Waals surface area contributed by atoms with E-state index in [1.165, 1.54) is 12.8 Å². The van der Waals surface area contributed by atoms with Gasteiger partial charge in [-0.1, -0.05) is 20.8 Å². The minimum absolute atomic E-state index is 0.0518. The lowest BCUT2D eigenvalue weighted by Crippen LogP contribution is -2.48.